The predicted octanol–water partition coefficient (Wildman–Crippen LogP) is 0.872. The first-order valence-electron chi connectivity index (χ1n) is 4.60. The van der Waals surface area contributed by atoms with Gasteiger partial charge in [0.25, 0.3) is 0 Å². The maximum Gasteiger partial charge on any atom is 0.384 e. The van der Waals surface area contributed by atoms with Gasteiger partial charge in [-0.1, -0.05) is 12.8 Å². The predicted molar refractivity (Wildman–Crippen MR) is 55.0 cm³/mol. The fraction of sp³-hybridized carbons (Fsp3) is 0.364. The molecular weight excluding hydrogens is 192 g/mol. The largest absolute Gasteiger partial charge is 0.459 e. The van der Waals surface area contributed by atoms with Gasteiger partial charge in [0.1, 0.15) is 0 Å². The topological polar surface area (TPSA) is 52.1 Å². The van der Waals surface area contributed by atoms with Gasteiger partial charge in [0.15, 0.2) is 0 Å². The van der Waals surface area contributed by atoms with E-state index in [2.05, 4.69) is 26.8 Å². The van der Waals surface area contributed by atoms with Crippen LogP contribution in [0.2, 0.25) is 0 Å². The zero-order valence-corrected chi connectivity index (χ0v) is 9.00. The molecule has 0 radical (unpaired) electrons. The van der Waals surface area contributed by atoms with Crippen molar-refractivity contribution in [2.75, 3.05) is 7.11 Å². The highest BCUT2D eigenvalue weighted by Crippen LogP contribution is 2.05. The van der Waals surface area contributed by atoms with Crippen molar-refractivity contribution in [1.82, 2.24) is 10.2 Å². The molecular formula is C11H12N2O2. The first-order chi connectivity index (χ1) is 7.17. The highest BCUT2D eigenvalue weighted by molar-refractivity contribution is 5.89. The summed E-state index contributed by atoms with van der Waals surface area (Å²) in [5.74, 6) is 4.55. The summed E-state index contributed by atoms with van der Waals surface area (Å²) in [5.41, 5.74) is 2.30. The molecule has 0 atom stereocenters. The van der Waals surface area contributed by atoms with Crippen molar-refractivity contribution in [3.63, 3.8) is 0 Å². The van der Waals surface area contributed by atoms with Crippen LogP contribution in [-0.4, -0.2) is 23.3 Å². The number of carbonyl (C=O) groups is 1. The van der Waals surface area contributed by atoms with Crippen LogP contribution in [0.25, 0.3) is 0 Å². The molecule has 15 heavy (non-hydrogen) atoms. The van der Waals surface area contributed by atoms with Crippen LogP contribution < -0.4 is 0 Å². The lowest BCUT2D eigenvalue weighted by Gasteiger charge is -1.99. The van der Waals surface area contributed by atoms with Gasteiger partial charge in [0, 0.05) is 5.92 Å². The fourth-order valence-corrected chi connectivity index (χ4v) is 1.05. The van der Waals surface area contributed by atoms with Crippen LogP contribution in [0.5, 0.6) is 0 Å². The second-order valence-corrected chi connectivity index (χ2v) is 2.94. The Morgan fingerprint density at radius 2 is 2.27 bits per heavy atom. The van der Waals surface area contributed by atoms with Crippen molar-refractivity contribution >= 4 is 5.97 Å². The molecule has 1 aromatic rings. The average molecular weight is 204 g/mol. The lowest BCUT2D eigenvalue weighted by molar-refractivity contribution is -0.133. The van der Waals surface area contributed by atoms with E-state index in [-0.39, 0.29) is 0 Å². The van der Waals surface area contributed by atoms with E-state index in [1.165, 1.54) is 7.11 Å². The summed E-state index contributed by atoms with van der Waals surface area (Å²) in [6.07, 6.45) is 0.735. The second kappa shape index (κ2) is 5.11. The van der Waals surface area contributed by atoms with E-state index >= 15 is 0 Å². The molecule has 0 unspecified atom stereocenters. The minimum Gasteiger partial charge on any atom is -0.459 e. The first-order valence-corrected chi connectivity index (χ1v) is 4.60. The van der Waals surface area contributed by atoms with Gasteiger partial charge in [-0.2, -0.15) is 10.2 Å². The normalized spacial score (nSPS) is 9.00. The van der Waals surface area contributed by atoms with Crippen molar-refractivity contribution in [3.8, 4) is 11.8 Å². The van der Waals surface area contributed by atoms with E-state index in [0.29, 0.717) is 0 Å². The smallest absolute Gasteiger partial charge is 0.384 e. The third kappa shape index (κ3) is 3.06. The van der Waals surface area contributed by atoms with Crippen LogP contribution in [0.15, 0.2) is 6.07 Å². The van der Waals surface area contributed by atoms with Gasteiger partial charge >= 0.3 is 5.97 Å². The van der Waals surface area contributed by atoms with Crippen LogP contribution >= 0.6 is 0 Å². The number of ether oxygens (including phenoxy) is 1. The van der Waals surface area contributed by atoms with Crippen molar-refractivity contribution in [1.29, 1.82) is 0 Å². The number of aryl methyl sites for hydroxylation is 2. The molecule has 0 fully saturated rings. The summed E-state index contributed by atoms with van der Waals surface area (Å²) in [4.78, 5) is 10.8. The molecule has 1 rings (SSSR count). The molecule has 0 aromatic carbocycles. The molecule has 0 saturated carbocycles. The summed E-state index contributed by atoms with van der Waals surface area (Å²) < 4.78 is 4.43. The fourth-order valence-electron chi connectivity index (χ4n) is 1.05. The maximum absolute atomic E-state index is 10.8. The van der Waals surface area contributed by atoms with Gasteiger partial charge in [0.2, 0.25) is 0 Å². The van der Waals surface area contributed by atoms with Gasteiger partial charge < -0.3 is 4.74 Å². The van der Waals surface area contributed by atoms with E-state index in [1.807, 2.05) is 19.9 Å². The molecule has 0 N–H and O–H groups in total. The molecule has 0 aliphatic carbocycles. The Balaban J connectivity index is 3.05. The van der Waals surface area contributed by atoms with E-state index in [1.54, 1.807) is 0 Å². The summed E-state index contributed by atoms with van der Waals surface area (Å²) in [7, 11) is 1.30. The van der Waals surface area contributed by atoms with Gasteiger partial charge in [-0.3, -0.25) is 0 Å². The van der Waals surface area contributed by atoms with E-state index < -0.39 is 5.97 Å². The third-order valence-corrected chi connectivity index (χ3v) is 1.81. The van der Waals surface area contributed by atoms with Gasteiger partial charge in [-0.05, 0) is 19.4 Å². The van der Waals surface area contributed by atoms with Gasteiger partial charge in [-0.15, -0.1) is 0 Å². The van der Waals surface area contributed by atoms with Crippen LogP contribution in [-0.2, 0) is 16.0 Å². The Kier molecular flexibility index (Phi) is 3.81. The number of nitrogens with zero attached hydrogens (tertiary/aromatic N) is 2. The number of hydrogen-bond acceptors (Lipinski definition) is 4. The Morgan fingerprint density at radius 3 is 2.87 bits per heavy atom. The lowest BCUT2D eigenvalue weighted by atomic mass is 10.1. The van der Waals surface area contributed by atoms with E-state index in [0.717, 1.165) is 23.4 Å². The number of methoxy groups -OCH3 is 1. The van der Waals surface area contributed by atoms with E-state index in [9.17, 15) is 4.79 Å². The molecule has 4 nitrogen and oxygen atoms in total. The van der Waals surface area contributed by atoms with Crippen LogP contribution in [0.1, 0.15) is 23.9 Å². The minimum atomic E-state index is -0.550. The van der Waals surface area contributed by atoms with E-state index in [4.69, 9.17) is 0 Å². The quantitative estimate of drug-likeness (QED) is 0.503. The number of hydrogen-bond donors (Lipinski definition) is 0. The summed E-state index contributed by atoms with van der Waals surface area (Å²) in [6.45, 7) is 3.79. The molecule has 1 heterocycles. The summed E-state index contributed by atoms with van der Waals surface area (Å²) in [6, 6.07) is 1.81. The number of rotatable bonds is 1. The zero-order valence-electron chi connectivity index (χ0n) is 9.00. The van der Waals surface area contributed by atoms with Crippen LogP contribution in [0, 0.1) is 18.8 Å². The van der Waals surface area contributed by atoms with Crippen LogP contribution in [0.3, 0.4) is 0 Å². The Bertz CT molecular complexity index is 430. The standard InChI is InChI=1S/C11H12N2O2/c1-4-10-9(5-6-11(14)15-3)7-8(2)12-13-10/h7H,4H2,1-3H3. The first kappa shape index (κ1) is 11.2. The molecule has 0 spiro atoms. The SMILES string of the molecule is CCc1nnc(C)cc1C#CC(=O)OC. The number of esters is 1. The number of aromatic nitrogens is 2. The molecule has 0 aliphatic heterocycles. The van der Waals surface area contributed by atoms with Crippen molar-refractivity contribution in [2.24, 2.45) is 0 Å². The average Bonchev–Trinajstić information content (AvgIpc) is 2.26. The van der Waals surface area contributed by atoms with Crippen LogP contribution in [0.4, 0.5) is 0 Å². The molecule has 1 aromatic heterocycles. The van der Waals surface area contributed by atoms with Crippen molar-refractivity contribution in [2.45, 2.75) is 20.3 Å². The monoisotopic (exact) mass is 204 g/mol. The molecule has 78 valence electrons. The summed E-state index contributed by atoms with van der Waals surface area (Å²) >= 11 is 0. The number of carbonyl (C=O) groups excluding carboxylic acids is 1. The second-order valence-electron chi connectivity index (χ2n) is 2.94. The molecule has 0 aliphatic rings. The maximum atomic E-state index is 10.8. The zero-order chi connectivity index (χ0) is 11.3. The summed E-state index contributed by atoms with van der Waals surface area (Å²) in [5, 5.41) is 7.92. The molecule has 4 heteroatoms. The Labute approximate surface area is 88.7 Å². The van der Waals surface area contributed by atoms with Crippen molar-refractivity contribution in [3.05, 3.63) is 23.0 Å². The van der Waals surface area contributed by atoms with Gasteiger partial charge in [-0.25, -0.2) is 4.79 Å². The third-order valence-electron chi connectivity index (χ3n) is 1.81. The van der Waals surface area contributed by atoms with Crippen molar-refractivity contribution < 1.29 is 9.53 Å². The Morgan fingerprint density at radius 1 is 1.53 bits per heavy atom. The molecule has 0 amide bonds. The Hall–Kier alpha value is -1.89. The van der Waals surface area contributed by atoms with Gasteiger partial charge in [0.05, 0.1) is 24.1 Å². The molecule has 0 bridgehead atoms. The lowest BCUT2D eigenvalue weighted by Crippen LogP contribution is -1.99. The highest BCUT2D eigenvalue weighted by Gasteiger charge is 2.01. The minimum absolute atomic E-state index is 0.550. The molecule has 0 saturated heterocycles. The highest BCUT2D eigenvalue weighted by atomic mass is 16.5.